The van der Waals surface area contributed by atoms with Crippen molar-refractivity contribution in [2.24, 2.45) is 0 Å². The van der Waals surface area contributed by atoms with Gasteiger partial charge in [-0.2, -0.15) is 5.26 Å². The predicted molar refractivity (Wildman–Crippen MR) is 83.7 cm³/mol. The smallest absolute Gasteiger partial charge is 0.126 e. The summed E-state index contributed by atoms with van der Waals surface area (Å²) in [6, 6.07) is 10.9. The largest absolute Gasteiger partial charge is 0.367 e. The second-order valence-corrected chi connectivity index (χ2v) is 5.88. The van der Waals surface area contributed by atoms with Crippen LogP contribution in [0.4, 0.5) is 5.69 Å². The maximum Gasteiger partial charge on any atom is 0.126 e. The van der Waals surface area contributed by atoms with Crippen LogP contribution in [-0.2, 0) is 0 Å². The van der Waals surface area contributed by atoms with E-state index in [1.54, 1.807) is 0 Å². The number of rotatable bonds is 4. The summed E-state index contributed by atoms with van der Waals surface area (Å²) in [4.78, 5) is 2.48. The van der Waals surface area contributed by atoms with Gasteiger partial charge in [-0.15, -0.1) is 0 Å². The molecule has 0 bridgehead atoms. The molecule has 1 aromatic rings. The van der Waals surface area contributed by atoms with Crippen molar-refractivity contribution in [1.82, 2.24) is 4.90 Å². The van der Waals surface area contributed by atoms with Gasteiger partial charge in [0.05, 0.1) is 6.07 Å². The number of nitrogens with zero attached hydrogens (tertiary/aromatic N) is 2. The van der Waals surface area contributed by atoms with E-state index in [1.165, 1.54) is 12.0 Å². The fourth-order valence-electron chi connectivity index (χ4n) is 2.91. The Balaban J connectivity index is 2.06. The van der Waals surface area contributed by atoms with E-state index < -0.39 is 5.54 Å². The number of aryl methyl sites for hydroxylation is 1. The van der Waals surface area contributed by atoms with Crippen LogP contribution in [0.5, 0.6) is 0 Å². The lowest BCUT2D eigenvalue weighted by Crippen LogP contribution is -2.38. The van der Waals surface area contributed by atoms with Gasteiger partial charge in [0.2, 0.25) is 0 Å². The molecule has 20 heavy (non-hydrogen) atoms. The summed E-state index contributed by atoms with van der Waals surface area (Å²) in [5.74, 6) is 0. The zero-order valence-corrected chi connectivity index (χ0v) is 12.7. The monoisotopic (exact) mass is 271 g/mol. The van der Waals surface area contributed by atoms with Gasteiger partial charge < -0.3 is 10.2 Å². The lowest BCUT2D eigenvalue weighted by Gasteiger charge is -2.28. The van der Waals surface area contributed by atoms with Gasteiger partial charge in [0.15, 0.2) is 0 Å². The van der Waals surface area contributed by atoms with E-state index >= 15 is 0 Å². The molecule has 1 aliphatic heterocycles. The number of benzene rings is 1. The van der Waals surface area contributed by atoms with Crippen molar-refractivity contribution in [3.05, 3.63) is 29.8 Å². The van der Waals surface area contributed by atoms with Crippen molar-refractivity contribution in [3.8, 4) is 6.07 Å². The first-order valence-corrected chi connectivity index (χ1v) is 7.66. The molecule has 2 rings (SSSR count). The highest BCUT2D eigenvalue weighted by Gasteiger charge is 2.32. The molecule has 0 aromatic heterocycles. The van der Waals surface area contributed by atoms with Gasteiger partial charge in [-0.05, 0) is 57.8 Å². The van der Waals surface area contributed by atoms with Crippen LogP contribution in [0.15, 0.2) is 24.3 Å². The molecule has 1 N–H and O–H groups in total. The molecule has 3 nitrogen and oxygen atoms in total. The lowest BCUT2D eigenvalue weighted by atomic mass is 9.92. The van der Waals surface area contributed by atoms with E-state index in [1.807, 2.05) is 0 Å². The summed E-state index contributed by atoms with van der Waals surface area (Å²) in [5.41, 5.74) is 1.90. The Morgan fingerprint density at radius 3 is 2.65 bits per heavy atom. The molecule has 1 heterocycles. The van der Waals surface area contributed by atoms with Crippen molar-refractivity contribution in [3.63, 3.8) is 0 Å². The Bertz CT molecular complexity index is 460. The summed E-state index contributed by atoms with van der Waals surface area (Å²) in [6.45, 7) is 7.57. The van der Waals surface area contributed by atoms with Crippen LogP contribution in [0, 0.1) is 18.3 Å². The summed E-state index contributed by atoms with van der Waals surface area (Å²) >= 11 is 0. The number of anilines is 1. The first-order valence-electron chi connectivity index (χ1n) is 7.66. The van der Waals surface area contributed by atoms with Gasteiger partial charge in [-0.1, -0.05) is 24.6 Å². The van der Waals surface area contributed by atoms with Crippen molar-refractivity contribution in [2.75, 3.05) is 25.0 Å². The van der Waals surface area contributed by atoms with Crippen molar-refractivity contribution >= 4 is 5.69 Å². The van der Waals surface area contributed by atoms with Crippen LogP contribution in [0.2, 0.25) is 0 Å². The molecule has 1 fully saturated rings. The normalized spacial score (nSPS) is 23.9. The standard InChI is InChI=1S/C17H25N3/c1-3-11-20-12-4-9-17(14-18,10-13-20)19-16-7-5-15(2)6-8-16/h5-8,19H,3-4,9-13H2,1-2H3. The van der Waals surface area contributed by atoms with Crippen LogP contribution in [0.3, 0.4) is 0 Å². The van der Waals surface area contributed by atoms with Crippen LogP contribution >= 0.6 is 0 Å². The minimum absolute atomic E-state index is 0.405. The van der Waals surface area contributed by atoms with E-state index in [9.17, 15) is 5.26 Å². The SMILES string of the molecule is CCCN1CCCC(C#N)(Nc2ccc(C)cc2)CC1. The summed E-state index contributed by atoms with van der Waals surface area (Å²) in [6.07, 6.45) is 4.10. The molecule has 0 radical (unpaired) electrons. The van der Waals surface area contributed by atoms with Crippen molar-refractivity contribution < 1.29 is 0 Å². The third kappa shape index (κ3) is 3.74. The first-order chi connectivity index (χ1) is 9.67. The highest BCUT2D eigenvalue weighted by atomic mass is 15.1. The van der Waals surface area contributed by atoms with Crippen molar-refractivity contribution in [1.29, 1.82) is 5.26 Å². The lowest BCUT2D eigenvalue weighted by molar-refractivity contribution is 0.283. The maximum atomic E-state index is 9.67. The summed E-state index contributed by atoms with van der Waals surface area (Å²) < 4.78 is 0. The minimum atomic E-state index is -0.405. The molecule has 1 aliphatic rings. The number of nitrogens with one attached hydrogen (secondary N) is 1. The average Bonchev–Trinajstić information content (AvgIpc) is 2.66. The molecular weight excluding hydrogens is 246 g/mol. The molecule has 108 valence electrons. The van der Waals surface area contributed by atoms with Crippen LogP contribution < -0.4 is 5.32 Å². The van der Waals surface area contributed by atoms with Gasteiger partial charge in [-0.3, -0.25) is 0 Å². The van der Waals surface area contributed by atoms with Gasteiger partial charge in [0, 0.05) is 12.2 Å². The highest BCUT2D eigenvalue weighted by molar-refractivity contribution is 5.48. The van der Waals surface area contributed by atoms with E-state index in [0.717, 1.165) is 44.6 Å². The molecule has 1 aromatic carbocycles. The minimum Gasteiger partial charge on any atom is -0.367 e. The Morgan fingerprint density at radius 1 is 1.25 bits per heavy atom. The quantitative estimate of drug-likeness (QED) is 0.910. The zero-order chi connectivity index (χ0) is 14.4. The molecule has 1 unspecified atom stereocenters. The summed E-state index contributed by atoms with van der Waals surface area (Å²) in [7, 11) is 0. The van der Waals surface area contributed by atoms with Gasteiger partial charge in [0.25, 0.3) is 0 Å². The number of hydrogen-bond acceptors (Lipinski definition) is 3. The first kappa shape index (κ1) is 14.9. The third-order valence-corrected chi connectivity index (χ3v) is 4.12. The number of nitriles is 1. The Labute approximate surface area is 122 Å². The van der Waals surface area contributed by atoms with E-state index in [0.29, 0.717) is 0 Å². The number of hydrogen-bond donors (Lipinski definition) is 1. The molecule has 0 spiro atoms. The second-order valence-electron chi connectivity index (χ2n) is 5.88. The molecule has 1 atom stereocenters. The van der Waals surface area contributed by atoms with Crippen LogP contribution in [0.25, 0.3) is 0 Å². The highest BCUT2D eigenvalue weighted by Crippen LogP contribution is 2.27. The van der Waals surface area contributed by atoms with Gasteiger partial charge in [0.1, 0.15) is 5.54 Å². The molecule has 0 aliphatic carbocycles. The third-order valence-electron chi connectivity index (χ3n) is 4.12. The Hall–Kier alpha value is -1.53. The topological polar surface area (TPSA) is 39.1 Å². The van der Waals surface area contributed by atoms with Crippen LogP contribution in [0.1, 0.15) is 38.2 Å². The Morgan fingerprint density at radius 2 is 2.00 bits per heavy atom. The summed E-state index contributed by atoms with van der Waals surface area (Å²) in [5, 5.41) is 13.2. The average molecular weight is 271 g/mol. The predicted octanol–water partition coefficient (Wildman–Crippen LogP) is 3.57. The van der Waals surface area contributed by atoms with Crippen molar-refractivity contribution in [2.45, 2.75) is 45.1 Å². The molecule has 1 saturated heterocycles. The fraction of sp³-hybridized carbons (Fsp3) is 0.588. The molecular formula is C17H25N3. The molecule has 0 saturated carbocycles. The van der Waals surface area contributed by atoms with Gasteiger partial charge >= 0.3 is 0 Å². The maximum absolute atomic E-state index is 9.67. The fourth-order valence-corrected chi connectivity index (χ4v) is 2.91. The van der Waals surface area contributed by atoms with E-state index in [2.05, 4.69) is 54.4 Å². The Kier molecular flexibility index (Phi) is 5.03. The van der Waals surface area contributed by atoms with E-state index in [4.69, 9.17) is 0 Å². The van der Waals surface area contributed by atoms with Gasteiger partial charge in [-0.25, -0.2) is 0 Å². The second kappa shape index (κ2) is 6.76. The zero-order valence-electron chi connectivity index (χ0n) is 12.7. The number of likely N-dealkylation sites (tertiary alicyclic amines) is 1. The van der Waals surface area contributed by atoms with Crippen LogP contribution in [-0.4, -0.2) is 30.1 Å². The molecule has 0 amide bonds. The van der Waals surface area contributed by atoms with E-state index in [-0.39, 0.29) is 0 Å². The molecule has 3 heteroatoms.